The smallest absolute Gasteiger partial charge is 0.416 e. The molecule has 0 fully saturated rings. The van der Waals surface area contributed by atoms with E-state index in [0.29, 0.717) is 18.2 Å². The number of benzene rings is 2. The highest BCUT2D eigenvalue weighted by Gasteiger charge is 2.30. The molecule has 0 spiro atoms. The number of nitrogens with zero attached hydrogens (tertiary/aromatic N) is 2. The van der Waals surface area contributed by atoms with Crippen molar-refractivity contribution in [3.63, 3.8) is 0 Å². The SMILES string of the molecule is COc1ccc(-c2cnc(-c3ccc[n+](Cc4ccc(C(F)(F)F)cc4)c3)o2)cc1. The topological polar surface area (TPSA) is 39.1 Å². The Hall–Kier alpha value is -3.61. The van der Waals surface area contributed by atoms with E-state index in [2.05, 4.69) is 4.98 Å². The van der Waals surface area contributed by atoms with Crippen LogP contribution in [-0.4, -0.2) is 12.1 Å². The second-order valence-electron chi connectivity index (χ2n) is 6.72. The predicted octanol–water partition coefficient (Wildman–Crippen LogP) is 5.37. The molecule has 0 amide bonds. The molecule has 7 heteroatoms. The maximum absolute atomic E-state index is 12.7. The summed E-state index contributed by atoms with van der Waals surface area (Å²) in [5.74, 6) is 1.85. The highest BCUT2D eigenvalue weighted by Crippen LogP contribution is 2.29. The Morgan fingerprint density at radius 1 is 0.967 bits per heavy atom. The first-order valence-corrected chi connectivity index (χ1v) is 9.18. The van der Waals surface area contributed by atoms with E-state index in [1.54, 1.807) is 13.3 Å². The first kappa shape index (κ1) is 19.7. The molecule has 0 bridgehead atoms. The van der Waals surface area contributed by atoms with Gasteiger partial charge in [-0.3, -0.25) is 0 Å². The summed E-state index contributed by atoms with van der Waals surface area (Å²) >= 11 is 0. The van der Waals surface area contributed by atoms with Gasteiger partial charge >= 0.3 is 6.18 Å². The van der Waals surface area contributed by atoms with Gasteiger partial charge in [-0.15, -0.1) is 0 Å². The monoisotopic (exact) mass is 411 g/mol. The number of alkyl halides is 3. The fourth-order valence-electron chi connectivity index (χ4n) is 3.05. The van der Waals surface area contributed by atoms with Crippen LogP contribution in [0, 0.1) is 0 Å². The number of oxazole rings is 1. The van der Waals surface area contributed by atoms with Crippen molar-refractivity contribution in [2.24, 2.45) is 0 Å². The molecule has 0 saturated heterocycles. The molecule has 2 aromatic carbocycles. The molecule has 4 aromatic rings. The average molecular weight is 411 g/mol. The third-order valence-electron chi connectivity index (χ3n) is 4.63. The summed E-state index contributed by atoms with van der Waals surface area (Å²) in [5, 5.41) is 0. The van der Waals surface area contributed by atoms with Gasteiger partial charge in [0, 0.05) is 17.2 Å². The third kappa shape index (κ3) is 4.35. The largest absolute Gasteiger partial charge is 0.497 e. The fourth-order valence-corrected chi connectivity index (χ4v) is 3.05. The van der Waals surface area contributed by atoms with Crippen molar-refractivity contribution >= 4 is 0 Å². The van der Waals surface area contributed by atoms with Gasteiger partial charge in [0.15, 0.2) is 24.7 Å². The molecule has 0 saturated carbocycles. The minimum Gasteiger partial charge on any atom is -0.497 e. The summed E-state index contributed by atoms with van der Waals surface area (Å²) in [7, 11) is 1.61. The van der Waals surface area contributed by atoms with Crippen LogP contribution in [0.3, 0.4) is 0 Å². The van der Waals surface area contributed by atoms with Gasteiger partial charge in [0.25, 0.3) is 0 Å². The van der Waals surface area contributed by atoms with Crippen LogP contribution in [-0.2, 0) is 12.7 Å². The maximum Gasteiger partial charge on any atom is 0.416 e. The van der Waals surface area contributed by atoms with Crippen molar-refractivity contribution in [1.29, 1.82) is 0 Å². The lowest BCUT2D eigenvalue weighted by molar-refractivity contribution is -0.687. The summed E-state index contributed by atoms with van der Waals surface area (Å²) in [5.41, 5.74) is 1.75. The number of aromatic nitrogens is 2. The zero-order valence-corrected chi connectivity index (χ0v) is 16.1. The first-order valence-electron chi connectivity index (χ1n) is 9.18. The Morgan fingerprint density at radius 2 is 1.70 bits per heavy atom. The van der Waals surface area contributed by atoms with Crippen molar-refractivity contribution in [1.82, 2.24) is 4.98 Å². The minimum atomic E-state index is -4.34. The van der Waals surface area contributed by atoms with Gasteiger partial charge in [-0.2, -0.15) is 17.7 Å². The van der Waals surface area contributed by atoms with Crippen LogP contribution in [0.25, 0.3) is 22.8 Å². The Labute approximate surface area is 171 Å². The first-order chi connectivity index (χ1) is 14.4. The number of hydrogen-bond acceptors (Lipinski definition) is 3. The van der Waals surface area contributed by atoms with E-state index in [-0.39, 0.29) is 0 Å². The van der Waals surface area contributed by atoms with Crippen molar-refractivity contribution in [3.8, 4) is 28.5 Å². The fraction of sp³-hybridized carbons (Fsp3) is 0.130. The van der Waals surface area contributed by atoms with Crippen molar-refractivity contribution in [2.45, 2.75) is 12.7 Å². The van der Waals surface area contributed by atoms with Gasteiger partial charge in [-0.05, 0) is 42.5 Å². The van der Waals surface area contributed by atoms with E-state index >= 15 is 0 Å². The number of ether oxygens (including phenoxy) is 1. The molecular formula is C23H18F3N2O2+. The Kier molecular flexibility index (Phi) is 5.27. The van der Waals surface area contributed by atoms with Crippen LogP contribution in [0.5, 0.6) is 5.75 Å². The van der Waals surface area contributed by atoms with Gasteiger partial charge in [0.2, 0.25) is 5.89 Å². The lowest BCUT2D eigenvalue weighted by Gasteiger charge is -2.06. The number of rotatable bonds is 5. The van der Waals surface area contributed by atoms with Crippen molar-refractivity contribution in [2.75, 3.05) is 7.11 Å². The Bertz CT molecular complexity index is 1130. The molecule has 2 aromatic heterocycles. The molecule has 0 N–H and O–H groups in total. The van der Waals surface area contributed by atoms with Crippen LogP contribution >= 0.6 is 0 Å². The molecule has 30 heavy (non-hydrogen) atoms. The van der Waals surface area contributed by atoms with E-state index in [4.69, 9.17) is 9.15 Å². The van der Waals surface area contributed by atoms with Crippen LogP contribution in [0.15, 0.2) is 83.7 Å². The Balaban J connectivity index is 1.53. The summed E-state index contributed by atoms with van der Waals surface area (Å²) in [4.78, 5) is 4.36. The molecule has 4 rings (SSSR count). The third-order valence-corrected chi connectivity index (χ3v) is 4.63. The molecule has 152 valence electrons. The molecule has 2 heterocycles. The number of methoxy groups -OCH3 is 1. The second kappa shape index (κ2) is 8.02. The highest BCUT2D eigenvalue weighted by molar-refractivity contribution is 5.61. The molecule has 0 aliphatic heterocycles. The number of pyridine rings is 1. The lowest BCUT2D eigenvalue weighted by atomic mass is 10.1. The molecule has 0 aliphatic carbocycles. The van der Waals surface area contributed by atoms with Gasteiger partial charge in [-0.25, -0.2) is 4.98 Å². The molecule has 0 radical (unpaired) electrons. The van der Waals surface area contributed by atoms with Crippen molar-refractivity contribution in [3.05, 3.63) is 90.4 Å². The van der Waals surface area contributed by atoms with E-state index < -0.39 is 11.7 Å². The van der Waals surface area contributed by atoms with Gasteiger partial charge in [0.05, 0.1) is 18.9 Å². The van der Waals surface area contributed by atoms with E-state index in [9.17, 15) is 13.2 Å². The highest BCUT2D eigenvalue weighted by atomic mass is 19.4. The minimum absolute atomic E-state index is 0.429. The summed E-state index contributed by atoms with van der Waals surface area (Å²) in [6.07, 6.45) is 1.01. The standard InChI is InChI=1S/C23H18F3N2O2/c1-29-20-10-6-17(7-11-20)21-13-27-22(30-21)18-3-2-12-28(15-18)14-16-4-8-19(9-5-16)23(24,25)26/h2-13,15H,14H2,1H3/q+1. The van der Waals surface area contributed by atoms with Gasteiger partial charge in [0.1, 0.15) is 11.3 Å². The van der Waals surface area contributed by atoms with E-state index in [1.165, 1.54) is 12.1 Å². The van der Waals surface area contributed by atoms with Crippen molar-refractivity contribution < 1.29 is 26.9 Å². The van der Waals surface area contributed by atoms with Gasteiger partial charge in [-0.1, -0.05) is 12.1 Å². The molecule has 0 atom stereocenters. The maximum atomic E-state index is 12.7. The molecule has 4 nitrogen and oxygen atoms in total. The van der Waals surface area contributed by atoms with Crippen LogP contribution in [0.4, 0.5) is 13.2 Å². The summed E-state index contributed by atoms with van der Waals surface area (Å²) in [6.45, 7) is 0.429. The zero-order valence-electron chi connectivity index (χ0n) is 16.1. The van der Waals surface area contributed by atoms with Crippen LogP contribution in [0.2, 0.25) is 0 Å². The predicted molar refractivity (Wildman–Crippen MR) is 105 cm³/mol. The van der Waals surface area contributed by atoms with E-state index in [1.807, 2.05) is 53.4 Å². The number of halogens is 3. The zero-order chi connectivity index (χ0) is 21.1. The van der Waals surface area contributed by atoms with Crippen LogP contribution < -0.4 is 9.30 Å². The Morgan fingerprint density at radius 3 is 2.37 bits per heavy atom. The lowest BCUT2D eigenvalue weighted by Crippen LogP contribution is -2.33. The normalized spacial score (nSPS) is 11.5. The summed E-state index contributed by atoms with van der Waals surface area (Å²) in [6, 6.07) is 16.3. The second-order valence-corrected chi connectivity index (χ2v) is 6.72. The molecular weight excluding hydrogens is 393 g/mol. The summed E-state index contributed by atoms with van der Waals surface area (Å²) < 4.78 is 51.1. The van der Waals surface area contributed by atoms with Crippen LogP contribution in [0.1, 0.15) is 11.1 Å². The quantitative estimate of drug-likeness (QED) is 0.415. The molecule has 0 unspecified atom stereocenters. The van der Waals surface area contributed by atoms with E-state index in [0.717, 1.165) is 34.6 Å². The van der Waals surface area contributed by atoms with Gasteiger partial charge < -0.3 is 9.15 Å². The number of hydrogen-bond donors (Lipinski definition) is 0. The average Bonchev–Trinajstić information content (AvgIpc) is 3.24. The molecule has 0 aliphatic rings.